The fourth-order valence-corrected chi connectivity index (χ4v) is 2.02. The van der Waals surface area contributed by atoms with Crippen LogP contribution >= 0.6 is 11.6 Å². The second-order valence-corrected chi connectivity index (χ2v) is 5.44. The molecule has 1 aromatic rings. The molecule has 0 saturated heterocycles. The first-order chi connectivity index (χ1) is 9.88. The average Bonchev–Trinajstić information content (AvgIpc) is 2.45. The quantitative estimate of drug-likeness (QED) is 0.811. The minimum Gasteiger partial charge on any atom is -0.493 e. The van der Waals surface area contributed by atoms with Gasteiger partial charge in [0, 0.05) is 36.3 Å². The highest BCUT2D eigenvalue weighted by Crippen LogP contribution is 2.35. The number of nitrogens with one attached hydrogen (secondary N) is 2. The van der Waals surface area contributed by atoms with Crippen LogP contribution in [0.15, 0.2) is 12.1 Å². The van der Waals surface area contributed by atoms with Crippen LogP contribution < -0.4 is 20.1 Å². The van der Waals surface area contributed by atoms with Crippen LogP contribution in [-0.4, -0.2) is 32.2 Å². The third-order valence-electron chi connectivity index (χ3n) is 2.93. The van der Waals surface area contributed by atoms with Crippen LogP contribution in [0.4, 0.5) is 0 Å². The number of hydrogen-bond donors (Lipinski definition) is 2. The topological polar surface area (TPSA) is 59.6 Å². The Hall–Kier alpha value is -1.46. The van der Waals surface area contributed by atoms with Gasteiger partial charge in [0.2, 0.25) is 0 Å². The normalized spacial score (nSPS) is 12.1. The van der Waals surface area contributed by atoms with Gasteiger partial charge in [0.25, 0.3) is 5.91 Å². The summed E-state index contributed by atoms with van der Waals surface area (Å²) in [7, 11) is 3.12. The lowest BCUT2D eigenvalue weighted by Gasteiger charge is -2.20. The molecule has 2 N–H and O–H groups in total. The van der Waals surface area contributed by atoms with Gasteiger partial charge in [-0.25, -0.2) is 0 Å². The molecule has 1 unspecified atom stereocenters. The lowest BCUT2D eigenvalue weighted by molar-refractivity contribution is -0.126. The van der Waals surface area contributed by atoms with Gasteiger partial charge in [0.1, 0.15) is 0 Å². The highest BCUT2D eigenvalue weighted by Gasteiger charge is 2.19. The van der Waals surface area contributed by atoms with Gasteiger partial charge in [0.05, 0.1) is 7.11 Å². The molecule has 118 valence electrons. The minimum absolute atomic E-state index is 0.199. The summed E-state index contributed by atoms with van der Waals surface area (Å²) in [6.07, 6.45) is -0.622. The summed E-state index contributed by atoms with van der Waals surface area (Å²) in [5.41, 5.74) is 0.851. The molecule has 0 bridgehead atoms. The van der Waals surface area contributed by atoms with Gasteiger partial charge in [0.15, 0.2) is 17.6 Å². The summed E-state index contributed by atoms with van der Waals surface area (Å²) >= 11 is 6.10. The summed E-state index contributed by atoms with van der Waals surface area (Å²) in [4.78, 5) is 11.6. The Morgan fingerprint density at radius 2 is 2.00 bits per heavy atom. The van der Waals surface area contributed by atoms with Gasteiger partial charge in [-0.15, -0.1) is 0 Å². The largest absolute Gasteiger partial charge is 0.493 e. The summed E-state index contributed by atoms with van der Waals surface area (Å²) in [6, 6.07) is 3.80. The van der Waals surface area contributed by atoms with Gasteiger partial charge in [-0.05, 0) is 13.0 Å². The summed E-state index contributed by atoms with van der Waals surface area (Å²) in [6.45, 7) is 6.36. The van der Waals surface area contributed by atoms with Crippen molar-refractivity contribution in [3.63, 3.8) is 0 Å². The molecule has 0 radical (unpaired) electrons. The number of amides is 1. The Labute approximate surface area is 131 Å². The number of benzene rings is 1. The van der Waals surface area contributed by atoms with Gasteiger partial charge in [-0.2, -0.15) is 0 Å². The van der Waals surface area contributed by atoms with Crippen LogP contribution in [0.3, 0.4) is 0 Å². The zero-order chi connectivity index (χ0) is 16.0. The van der Waals surface area contributed by atoms with Crippen molar-refractivity contribution in [2.75, 3.05) is 14.2 Å². The van der Waals surface area contributed by atoms with Gasteiger partial charge in [-0.3, -0.25) is 4.79 Å². The number of carbonyl (C=O) groups excluding carboxylic acids is 1. The van der Waals surface area contributed by atoms with Crippen molar-refractivity contribution in [3.8, 4) is 11.5 Å². The maximum absolute atomic E-state index is 11.6. The number of rotatable bonds is 7. The maximum atomic E-state index is 11.6. The van der Waals surface area contributed by atoms with E-state index in [4.69, 9.17) is 21.1 Å². The van der Waals surface area contributed by atoms with Crippen molar-refractivity contribution in [1.82, 2.24) is 10.6 Å². The van der Waals surface area contributed by atoms with Crippen LogP contribution in [-0.2, 0) is 11.3 Å². The Balaban J connectivity index is 3.09. The van der Waals surface area contributed by atoms with Crippen molar-refractivity contribution in [2.24, 2.45) is 0 Å². The van der Waals surface area contributed by atoms with Crippen LogP contribution in [0, 0.1) is 0 Å². The smallest absolute Gasteiger partial charge is 0.260 e. The Bertz CT molecular complexity index is 492. The number of hydrogen-bond acceptors (Lipinski definition) is 4. The fraction of sp³-hybridized carbons (Fsp3) is 0.533. The molecule has 0 fully saturated rings. The number of methoxy groups -OCH3 is 1. The van der Waals surface area contributed by atoms with E-state index >= 15 is 0 Å². The molecule has 0 spiro atoms. The van der Waals surface area contributed by atoms with Crippen LogP contribution in [0.25, 0.3) is 0 Å². The molecule has 0 aliphatic heterocycles. The molecule has 1 rings (SSSR count). The van der Waals surface area contributed by atoms with E-state index in [0.717, 1.165) is 5.56 Å². The predicted molar refractivity (Wildman–Crippen MR) is 84.1 cm³/mol. The first-order valence-electron chi connectivity index (χ1n) is 6.87. The van der Waals surface area contributed by atoms with Crippen molar-refractivity contribution in [2.45, 2.75) is 39.5 Å². The highest BCUT2D eigenvalue weighted by molar-refractivity contribution is 6.30. The Morgan fingerprint density at radius 3 is 2.52 bits per heavy atom. The van der Waals surface area contributed by atoms with Crippen molar-refractivity contribution in [1.29, 1.82) is 0 Å². The van der Waals surface area contributed by atoms with Crippen LogP contribution in [0.2, 0.25) is 5.02 Å². The van der Waals surface area contributed by atoms with Crippen LogP contribution in [0.1, 0.15) is 26.3 Å². The van der Waals surface area contributed by atoms with Gasteiger partial charge >= 0.3 is 0 Å². The number of halogens is 1. The molecule has 21 heavy (non-hydrogen) atoms. The predicted octanol–water partition coefficient (Wildman–Crippen LogP) is 2.36. The molecule has 1 atom stereocenters. The van der Waals surface area contributed by atoms with Crippen molar-refractivity contribution >= 4 is 17.5 Å². The molecule has 0 heterocycles. The fourth-order valence-electron chi connectivity index (χ4n) is 1.79. The molecule has 6 heteroatoms. The molecule has 0 aliphatic carbocycles. The van der Waals surface area contributed by atoms with E-state index in [1.165, 1.54) is 0 Å². The second-order valence-electron chi connectivity index (χ2n) is 5.01. The standard InChI is InChI=1S/C15H23ClN2O3/c1-9(2)18-8-11-6-12(16)7-13(20-5)14(11)21-10(3)15(19)17-4/h6-7,9-10,18H,8H2,1-5H3,(H,17,19). The number of carbonyl (C=O) groups is 1. The zero-order valence-electron chi connectivity index (χ0n) is 13.1. The molecule has 0 aromatic heterocycles. The number of likely N-dealkylation sites (N-methyl/N-ethyl adjacent to an activating group) is 1. The van der Waals surface area contributed by atoms with E-state index in [9.17, 15) is 4.79 Å². The first kappa shape index (κ1) is 17.6. The molecule has 0 aliphatic rings. The lowest BCUT2D eigenvalue weighted by atomic mass is 10.1. The zero-order valence-corrected chi connectivity index (χ0v) is 13.9. The molecule has 0 saturated carbocycles. The summed E-state index contributed by atoms with van der Waals surface area (Å²) in [5.74, 6) is 0.847. The maximum Gasteiger partial charge on any atom is 0.260 e. The average molecular weight is 315 g/mol. The van der Waals surface area contributed by atoms with Crippen molar-refractivity contribution < 1.29 is 14.3 Å². The summed E-state index contributed by atoms with van der Waals surface area (Å²) < 4.78 is 11.1. The SMILES string of the molecule is CNC(=O)C(C)Oc1c(CNC(C)C)cc(Cl)cc1OC. The Kier molecular flexibility index (Phi) is 6.78. The Morgan fingerprint density at radius 1 is 1.33 bits per heavy atom. The van der Waals surface area contributed by atoms with E-state index in [1.54, 1.807) is 27.1 Å². The lowest BCUT2D eigenvalue weighted by Crippen LogP contribution is -2.34. The summed E-state index contributed by atoms with van der Waals surface area (Å²) in [5, 5.41) is 6.42. The van der Waals surface area contributed by atoms with E-state index in [0.29, 0.717) is 29.1 Å². The molecular weight excluding hydrogens is 292 g/mol. The van der Waals surface area contributed by atoms with E-state index in [2.05, 4.69) is 24.5 Å². The van der Waals surface area contributed by atoms with Crippen molar-refractivity contribution in [3.05, 3.63) is 22.7 Å². The first-order valence-corrected chi connectivity index (χ1v) is 7.24. The molecule has 1 aromatic carbocycles. The molecule has 1 amide bonds. The highest BCUT2D eigenvalue weighted by atomic mass is 35.5. The van der Waals surface area contributed by atoms with Gasteiger partial charge in [-0.1, -0.05) is 25.4 Å². The third-order valence-corrected chi connectivity index (χ3v) is 3.15. The second kappa shape index (κ2) is 8.10. The number of ether oxygens (including phenoxy) is 2. The third kappa shape index (κ3) is 5.10. The van der Waals surface area contributed by atoms with E-state index in [-0.39, 0.29) is 5.91 Å². The monoisotopic (exact) mass is 314 g/mol. The molecular formula is C15H23ClN2O3. The minimum atomic E-state index is -0.622. The van der Waals surface area contributed by atoms with Gasteiger partial charge < -0.3 is 20.1 Å². The van der Waals surface area contributed by atoms with Crippen LogP contribution in [0.5, 0.6) is 11.5 Å². The van der Waals surface area contributed by atoms with E-state index in [1.807, 2.05) is 6.07 Å². The van der Waals surface area contributed by atoms with E-state index < -0.39 is 6.10 Å². The molecule has 5 nitrogen and oxygen atoms in total.